The standard InChI is InChI=1S/C8H10OPS2/c1-2-9-10(11)12-8-6-4-3-5-7-8/h3-7H,2H2,1H3/q+1. The Kier molecular flexibility index (Phi) is 4.77. The number of hydrogen-bond donors (Lipinski definition) is 0. The third-order valence-electron chi connectivity index (χ3n) is 1.16. The first-order valence-electron chi connectivity index (χ1n) is 3.66. The summed E-state index contributed by atoms with van der Waals surface area (Å²) in [7, 11) is 0. The van der Waals surface area contributed by atoms with E-state index in [0.717, 1.165) is 0 Å². The Morgan fingerprint density at radius 2 is 2.08 bits per heavy atom. The monoisotopic (exact) mass is 217 g/mol. The molecule has 1 unspecified atom stereocenters. The van der Waals surface area contributed by atoms with Crippen LogP contribution in [0.3, 0.4) is 0 Å². The lowest BCUT2D eigenvalue weighted by Crippen LogP contribution is -1.73. The molecule has 4 heteroatoms. The Bertz CT molecular complexity index is 250. The molecule has 0 aliphatic heterocycles. The molecule has 0 saturated carbocycles. The first kappa shape index (κ1) is 10.1. The summed E-state index contributed by atoms with van der Waals surface area (Å²) in [6, 6.07) is 10.1. The van der Waals surface area contributed by atoms with E-state index < -0.39 is 6.13 Å². The molecule has 1 rings (SSSR count). The Labute approximate surface area is 82.8 Å². The van der Waals surface area contributed by atoms with E-state index >= 15 is 0 Å². The molecular weight excluding hydrogens is 207 g/mol. The molecule has 1 nitrogen and oxygen atoms in total. The van der Waals surface area contributed by atoms with Crippen molar-refractivity contribution in [2.24, 2.45) is 0 Å². The second-order valence-corrected chi connectivity index (χ2v) is 6.64. The third-order valence-corrected chi connectivity index (χ3v) is 4.64. The van der Waals surface area contributed by atoms with Crippen molar-refractivity contribution in [1.29, 1.82) is 0 Å². The summed E-state index contributed by atoms with van der Waals surface area (Å²) in [6.45, 7) is 2.67. The highest BCUT2D eigenvalue weighted by molar-refractivity contribution is 8.62. The van der Waals surface area contributed by atoms with Crippen molar-refractivity contribution in [2.45, 2.75) is 11.8 Å². The van der Waals surface area contributed by atoms with Gasteiger partial charge in [0.15, 0.2) is 11.4 Å². The van der Waals surface area contributed by atoms with E-state index in [1.165, 1.54) is 4.90 Å². The zero-order valence-corrected chi connectivity index (χ0v) is 9.29. The highest BCUT2D eigenvalue weighted by Crippen LogP contribution is 2.44. The largest absolute Gasteiger partial charge is 0.419 e. The van der Waals surface area contributed by atoms with Crippen LogP contribution in [0.1, 0.15) is 6.92 Å². The van der Waals surface area contributed by atoms with Crippen molar-refractivity contribution in [3.8, 4) is 0 Å². The maximum Gasteiger partial charge on any atom is 0.419 e. The van der Waals surface area contributed by atoms with Gasteiger partial charge < -0.3 is 0 Å². The van der Waals surface area contributed by atoms with Gasteiger partial charge in [-0.1, -0.05) is 18.2 Å². The number of rotatable bonds is 4. The van der Waals surface area contributed by atoms with Crippen molar-refractivity contribution >= 4 is 29.3 Å². The average Bonchev–Trinajstić information content (AvgIpc) is 2.06. The van der Waals surface area contributed by atoms with Crippen molar-refractivity contribution in [3.63, 3.8) is 0 Å². The fourth-order valence-corrected chi connectivity index (χ4v) is 3.86. The Morgan fingerprint density at radius 1 is 1.42 bits per heavy atom. The van der Waals surface area contributed by atoms with Gasteiger partial charge in [0, 0.05) is 0 Å². The zero-order valence-electron chi connectivity index (χ0n) is 6.77. The van der Waals surface area contributed by atoms with Crippen LogP contribution in [0.4, 0.5) is 0 Å². The molecule has 64 valence electrons. The van der Waals surface area contributed by atoms with Crippen LogP contribution in [0.5, 0.6) is 0 Å². The fourth-order valence-electron chi connectivity index (χ4n) is 0.699. The molecule has 1 aromatic carbocycles. The van der Waals surface area contributed by atoms with Crippen LogP contribution in [-0.2, 0) is 16.3 Å². The van der Waals surface area contributed by atoms with Crippen LogP contribution in [0.25, 0.3) is 0 Å². The van der Waals surface area contributed by atoms with Crippen LogP contribution < -0.4 is 0 Å². The van der Waals surface area contributed by atoms with Gasteiger partial charge >= 0.3 is 6.13 Å². The minimum absolute atomic E-state index is 0.703. The quantitative estimate of drug-likeness (QED) is 0.713. The molecule has 0 aliphatic carbocycles. The van der Waals surface area contributed by atoms with Crippen LogP contribution in [0, 0.1) is 0 Å². The summed E-state index contributed by atoms with van der Waals surface area (Å²) in [5.41, 5.74) is 0. The van der Waals surface area contributed by atoms with E-state index in [4.69, 9.17) is 16.3 Å². The van der Waals surface area contributed by atoms with E-state index in [1.54, 1.807) is 11.4 Å². The van der Waals surface area contributed by atoms with E-state index in [9.17, 15) is 0 Å². The first-order valence-corrected chi connectivity index (χ1v) is 7.35. The summed E-state index contributed by atoms with van der Waals surface area (Å²) in [6.07, 6.45) is -0.757. The average molecular weight is 217 g/mol. The van der Waals surface area contributed by atoms with Crippen LogP contribution in [0.15, 0.2) is 35.2 Å². The van der Waals surface area contributed by atoms with Gasteiger partial charge in [-0.2, -0.15) is 4.52 Å². The van der Waals surface area contributed by atoms with Crippen molar-refractivity contribution in [1.82, 2.24) is 0 Å². The van der Waals surface area contributed by atoms with Gasteiger partial charge in [0.2, 0.25) is 11.8 Å². The molecule has 0 aromatic heterocycles. The van der Waals surface area contributed by atoms with E-state index in [0.29, 0.717) is 6.61 Å². The topological polar surface area (TPSA) is 9.23 Å². The highest BCUT2D eigenvalue weighted by Gasteiger charge is 2.13. The fraction of sp³-hybridized carbons (Fsp3) is 0.250. The number of hydrogen-bond acceptors (Lipinski definition) is 3. The van der Waals surface area contributed by atoms with E-state index in [1.807, 2.05) is 37.3 Å². The first-order chi connectivity index (χ1) is 5.83. The maximum atomic E-state index is 5.29. The molecule has 0 bridgehead atoms. The molecule has 1 aromatic rings. The second-order valence-electron chi connectivity index (χ2n) is 2.05. The molecule has 0 aliphatic rings. The Morgan fingerprint density at radius 3 is 2.67 bits per heavy atom. The molecule has 0 amide bonds. The van der Waals surface area contributed by atoms with Gasteiger partial charge in [-0.05, 0) is 19.1 Å². The molecule has 0 radical (unpaired) electrons. The minimum atomic E-state index is -0.757. The van der Waals surface area contributed by atoms with Crippen LogP contribution in [0.2, 0.25) is 0 Å². The lowest BCUT2D eigenvalue weighted by molar-refractivity contribution is 0.396. The van der Waals surface area contributed by atoms with Gasteiger partial charge in [-0.25, -0.2) is 0 Å². The molecule has 0 spiro atoms. The molecule has 0 heterocycles. The Hall–Kier alpha value is 0.0500. The molecule has 0 saturated heterocycles. The van der Waals surface area contributed by atoms with Crippen LogP contribution >= 0.6 is 17.5 Å². The summed E-state index contributed by atoms with van der Waals surface area (Å²) >= 11 is 6.75. The summed E-state index contributed by atoms with van der Waals surface area (Å²) in [4.78, 5) is 1.19. The summed E-state index contributed by atoms with van der Waals surface area (Å²) < 4.78 is 5.29. The number of benzene rings is 1. The highest BCUT2D eigenvalue weighted by atomic mass is 32.9. The molecule has 0 N–H and O–H groups in total. The van der Waals surface area contributed by atoms with Gasteiger partial charge in [0.25, 0.3) is 0 Å². The Balaban J connectivity index is 2.47. The molecule has 1 atom stereocenters. The normalized spacial score (nSPS) is 11.2. The zero-order chi connectivity index (χ0) is 8.81. The van der Waals surface area contributed by atoms with Gasteiger partial charge in [-0.15, -0.1) is 0 Å². The summed E-state index contributed by atoms with van der Waals surface area (Å²) in [5.74, 6) is 0. The SMILES string of the molecule is CCO[P+](=S)Sc1ccccc1. The van der Waals surface area contributed by atoms with E-state index in [2.05, 4.69) is 0 Å². The van der Waals surface area contributed by atoms with Crippen molar-refractivity contribution < 1.29 is 4.52 Å². The molecule has 12 heavy (non-hydrogen) atoms. The maximum absolute atomic E-state index is 5.29. The predicted molar refractivity (Wildman–Crippen MR) is 58.2 cm³/mol. The molecule has 0 fully saturated rings. The lowest BCUT2D eigenvalue weighted by Gasteiger charge is -1.89. The second kappa shape index (κ2) is 5.65. The van der Waals surface area contributed by atoms with Crippen molar-refractivity contribution in [3.05, 3.63) is 30.3 Å². The van der Waals surface area contributed by atoms with E-state index in [-0.39, 0.29) is 0 Å². The van der Waals surface area contributed by atoms with Crippen LogP contribution in [-0.4, -0.2) is 6.61 Å². The summed E-state index contributed by atoms with van der Waals surface area (Å²) in [5, 5.41) is 0. The lowest BCUT2D eigenvalue weighted by atomic mass is 10.4. The smallest absolute Gasteiger partial charge is 0.158 e. The third kappa shape index (κ3) is 3.63. The van der Waals surface area contributed by atoms with Gasteiger partial charge in [0.1, 0.15) is 0 Å². The van der Waals surface area contributed by atoms with Gasteiger partial charge in [-0.3, -0.25) is 0 Å². The predicted octanol–water partition coefficient (Wildman–Crippen LogP) is 3.59. The van der Waals surface area contributed by atoms with Crippen molar-refractivity contribution in [2.75, 3.05) is 6.61 Å². The molecular formula is C8H10OPS2+. The van der Waals surface area contributed by atoms with Gasteiger partial charge in [0.05, 0.1) is 11.5 Å². The minimum Gasteiger partial charge on any atom is -0.158 e.